The molecule has 212 valence electrons. The van der Waals surface area contributed by atoms with E-state index in [-0.39, 0.29) is 34.0 Å². The van der Waals surface area contributed by atoms with Gasteiger partial charge in [0.15, 0.2) is 5.71 Å². The number of nitrogens with zero attached hydrogens (tertiary/aromatic N) is 1. The standard InChI is InChI=1S/C30H27F6NOS2/c1-16-14-20(17(2)39-16)25-26(29(33,34)30(35,36)28(25,31)32)21-15-19(40-18(21)3)10-11-24-27(4,5)22-8-6-7-9-23(22)37(24)12-13-38/h6-11,14-15H,12-13H2,1-5H3/b11-10+. The number of aryl methyl sites for hydroxylation is 3. The second-order valence-corrected chi connectivity index (χ2v) is 13.4. The largest absolute Gasteiger partial charge is 0.850 e. The molecule has 2 aliphatic rings. The molecule has 3 heterocycles. The Labute approximate surface area is 236 Å². The molecule has 5 rings (SSSR count). The molecular formula is C30H27F6NOS2. The first-order valence-electron chi connectivity index (χ1n) is 12.6. The Hall–Kier alpha value is -2.69. The lowest BCUT2D eigenvalue weighted by Gasteiger charge is -2.25. The highest BCUT2D eigenvalue weighted by Gasteiger charge is 2.80. The Morgan fingerprint density at radius 3 is 1.98 bits per heavy atom. The molecule has 0 radical (unpaired) electrons. The number of para-hydroxylation sites is 1. The van der Waals surface area contributed by atoms with E-state index in [9.17, 15) is 13.9 Å². The van der Waals surface area contributed by atoms with Crippen LogP contribution < -0.4 is 5.11 Å². The highest BCUT2D eigenvalue weighted by Crippen LogP contribution is 2.65. The van der Waals surface area contributed by atoms with Crippen molar-refractivity contribution in [3.8, 4) is 0 Å². The Bertz CT molecular complexity index is 1610. The average molecular weight is 596 g/mol. The third-order valence-electron chi connectivity index (χ3n) is 7.70. The summed E-state index contributed by atoms with van der Waals surface area (Å²) in [6.45, 7) is 8.43. The van der Waals surface area contributed by atoms with Crippen molar-refractivity contribution < 1.29 is 36.0 Å². The van der Waals surface area contributed by atoms with Crippen molar-refractivity contribution in [3.63, 3.8) is 0 Å². The molecule has 0 spiro atoms. The van der Waals surface area contributed by atoms with Crippen LogP contribution in [0.15, 0.2) is 42.5 Å². The molecule has 0 saturated heterocycles. The first-order chi connectivity index (χ1) is 18.6. The van der Waals surface area contributed by atoms with Crippen LogP contribution in [0.25, 0.3) is 17.2 Å². The van der Waals surface area contributed by atoms with Crippen molar-refractivity contribution in [2.24, 2.45) is 0 Å². The predicted molar refractivity (Wildman–Crippen MR) is 148 cm³/mol. The Balaban J connectivity index is 1.66. The van der Waals surface area contributed by atoms with Crippen molar-refractivity contribution >= 4 is 51.3 Å². The molecule has 1 aliphatic carbocycles. The summed E-state index contributed by atoms with van der Waals surface area (Å²) < 4.78 is 92.4. The Morgan fingerprint density at radius 1 is 0.825 bits per heavy atom. The van der Waals surface area contributed by atoms with E-state index in [0.717, 1.165) is 39.6 Å². The number of fused-ring (bicyclic) bond motifs is 1. The zero-order valence-corrected chi connectivity index (χ0v) is 24.1. The van der Waals surface area contributed by atoms with Gasteiger partial charge >= 0.3 is 17.8 Å². The van der Waals surface area contributed by atoms with E-state index in [1.165, 1.54) is 26.0 Å². The number of hydrogen-bond donors (Lipinski definition) is 0. The van der Waals surface area contributed by atoms with E-state index in [0.29, 0.717) is 9.75 Å². The van der Waals surface area contributed by atoms with Gasteiger partial charge in [-0.15, -0.1) is 22.7 Å². The van der Waals surface area contributed by atoms with E-state index < -0.39 is 34.3 Å². The molecule has 3 aromatic rings. The zero-order chi connectivity index (χ0) is 29.4. The SMILES string of the molecule is Cc1cc(C2=C(c3cc(/C=C/C4=[N+](CC[O-])c5ccccc5C4(C)C)sc3C)C(F)(F)C(F)(F)C2(F)F)c(C)s1. The number of rotatable bonds is 6. The van der Waals surface area contributed by atoms with Gasteiger partial charge in [0.2, 0.25) is 5.69 Å². The van der Waals surface area contributed by atoms with Crippen LogP contribution in [0.2, 0.25) is 0 Å². The minimum Gasteiger partial charge on any atom is -0.850 e. The van der Waals surface area contributed by atoms with Crippen molar-refractivity contribution in [1.29, 1.82) is 0 Å². The maximum Gasteiger partial charge on any atom is 0.380 e. The average Bonchev–Trinajstić information content (AvgIpc) is 3.49. The van der Waals surface area contributed by atoms with E-state index in [1.807, 2.05) is 42.7 Å². The van der Waals surface area contributed by atoms with Crippen LogP contribution in [-0.2, 0) is 5.41 Å². The van der Waals surface area contributed by atoms with E-state index in [2.05, 4.69) is 0 Å². The third-order valence-corrected chi connectivity index (χ3v) is 9.68. The highest BCUT2D eigenvalue weighted by molar-refractivity contribution is 7.13. The van der Waals surface area contributed by atoms with Crippen LogP contribution in [0.4, 0.5) is 32.0 Å². The first-order valence-corrected chi connectivity index (χ1v) is 14.3. The van der Waals surface area contributed by atoms with Crippen molar-refractivity contribution in [2.45, 2.75) is 57.8 Å². The van der Waals surface area contributed by atoms with Gasteiger partial charge in [0.25, 0.3) is 0 Å². The van der Waals surface area contributed by atoms with Gasteiger partial charge in [-0.25, -0.2) is 0 Å². The monoisotopic (exact) mass is 595 g/mol. The molecule has 0 N–H and O–H groups in total. The molecule has 1 aliphatic heterocycles. The molecule has 40 heavy (non-hydrogen) atoms. The lowest BCUT2D eigenvalue weighted by Crippen LogP contribution is -2.48. The summed E-state index contributed by atoms with van der Waals surface area (Å²) in [5.41, 5.74) is -0.976. The van der Waals surface area contributed by atoms with E-state index in [1.54, 1.807) is 19.1 Å². The minimum absolute atomic E-state index is 0.223. The smallest absolute Gasteiger partial charge is 0.380 e. The number of allylic oxidation sites excluding steroid dienone is 3. The zero-order valence-electron chi connectivity index (χ0n) is 22.5. The molecule has 0 atom stereocenters. The highest BCUT2D eigenvalue weighted by atomic mass is 32.1. The van der Waals surface area contributed by atoms with Crippen LogP contribution in [0, 0.1) is 20.8 Å². The normalized spacial score (nSPS) is 20.7. The van der Waals surface area contributed by atoms with Gasteiger partial charge in [0.1, 0.15) is 6.54 Å². The van der Waals surface area contributed by atoms with Crippen LogP contribution >= 0.6 is 22.7 Å². The Kier molecular flexibility index (Phi) is 6.79. The number of alkyl halides is 6. The van der Waals surface area contributed by atoms with Crippen LogP contribution in [0.1, 0.15) is 50.0 Å². The molecule has 0 bridgehead atoms. The molecule has 1 aromatic carbocycles. The summed E-state index contributed by atoms with van der Waals surface area (Å²) in [6.07, 6.45) is 3.44. The maximum absolute atomic E-state index is 15.3. The first kappa shape index (κ1) is 28.8. The summed E-state index contributed by atoms with van der Waals surface area (Å²) in [7, 11) is 0. The summed E-state index contributed by atoms with van der Waals surface area (Å²) in [5, 5.41) is 11.6. The van der Waals surface area contributed by atoms with Gasteiger partial charge in [-0.1, -0.05) is 24.8 Å². The van der Waals surface area contributed by atoms with Gasteiger partial charge in [0.05, 0.1) is 5.41 Å². The summed E-state index contributed by atoms with van der Waals surface area (Å²) >= 11 is 2.14. The van der Waals surface area contributed by atoms with Crippen molar-refractivity contribution in [3.05, 3.63) is 78.7 Å². The lowest BCUT2D eigenvalue weighted by atomic mass is 9.81. The molecule has 0 unspecified atom stereocenters. The summed E-state index contributed by atoms with van der Waals surface area (Å²) in [4.78, 5) is 1.48. The number of benzene rings is 1. The fourth-order valence-corrected chi connectivity index (χ4v) is 7.65. The molecule has 10 heteroatoms. The van der Waals surface area contributed by atoms with Gasteiger partial charge in [-0.3, -0.25) is 0 Å². The predicted octanol–water partition coefficient (Wildman–Crippen LogP) is 8.02. The van der Waals surface area contributed by atoms with Gasteiger partial charge in [0, 0.05) is 48.4 Å². The number of halogens is 6. The van der Waals surface area contributed by atoms with E-state index in [4.69, 9.17) is 0 Å². The molecule has 0 saturated carbocycles. The second-order valence-electron chi connectivity index (χ2n) is 10.6. The minimum atomic E-state index is -5.59. The lowest BCUT2D eigenvalue weighted by molar-refractivity contribution is -0.491. The number of thiophene rings is 2. The fourth-order valence-electron chi connectivity index (χ4n) is 5.78. The van der Waals surface area contributed by atoms with Gasteiger partial charge < -0.3 is 5.11 Å². The molecule has 2 aromatic heterocycles. The molecule has 0 amide bonds. The van der Waals surface area contributed by atoms with Crippen LogP contribution in [0.5, 0.6) is 0 Å². The van der Waals surface area contributed by atoms with Gasteiger partial charge in [-0.2, -0.15) is 30.9 Å². The van der Waals surface area contributed by atoms with Crippen LogP contribution in [-0.4, -0.2) is 41.2 Å². The molecular weight excluding hydrogens is 568 g/mol. The van der Waals surface area contributed by atoms with Crippen molar-refractivity contribution in [1.82, 2.24) is 0 Å². The van der Waals surface area contributed by atoms with E-state index >= 15 is 17.6 Å². The topological polar surface area (TPSA) is 26.1 Å². The third kappa shape index (κ3) is 3.97. The molecule has 2 nitrogen and oxygen atoms in total. The molecule has 0 fully saturated rings. The number of hydrogen-bond acceptors (Lipinski definition) is 3. The summed E-state index contributed by atoms with van der Waals surface area (Å²) in [6, 6.07) is 10.2. The quantitative estimate of drug-likeness (QED) is 0.209. The Morgan fingerprint density at radius 2 is 1.40 bits per heavy atom. The second kappa shape index (κ2) is 9.42. The van der Waals surface area contributed by atoms with Gasteiger partial charge in [-0.05, 0) is 64.0 Å². The fraction of sp³-hybridized carbons (Fsp3) is 0.367. The van der Waals surface area contributed by atoms with Crippen molar-refractivity contribution in [2.75, 3.05) is 13.2 Å². The van der Waals surface area contributed by atoms with Crippen LogP contribution in [0.3, 0.4) is 0 Å². The maximum atomic E-state index is 15.3. The summed E-state index contributed by atoms with van der Waals surface area (Å²) in [5.74, 6) is -15.7.